The van der Waals surface area contributed by atoms with Crippen molar-refractivity contribution in [2.24, 2.45) is 5.16 Å². The SMILES string of the molecule is COCCO/N=C(/C(=O)Nc1ncc(C)s1)c1ccc(S(=O)(=O)C2CC2)cc1. The van der Waals surface area contributed by atoms with Gasteiger partial charge < -0.3 is 9.57 Å². The number of methoxy groups -OCH3 is 1. The molecule has 1 amide bonds. The van der Waals surface area contributed by atoms with Crippen molar-refractivity contribution >= 4 is 37.9 Å². The summed E-state index contributed by atoms with van der Waals surface area (Å²) in [5, 5.41) is 6.76. The van der Waals surface area contributed by atoms with Crippen LogP contribution in [0.25, 0.3) is 0 Å². The molecule has 8 nitrogen and oxygen atoms in total. The highest BCUT2D eigenvalue weighted by molar-refractivity contribution is 7.92. The molecule has 0 saturated heterocycles. The van der Waals surface area contributed by atoms with Crippen LogP contribution in [0.4, 0.5) is 5.13 Å². The van der Waals surface area contributed by atoms with Gasteiger partial charge in [0.15, 0.2) is 20.7 Å². The van der Waals surface area contributed by atoms with Crippen molar-refractivity contribution in [1.29, 1.82) is 0 Å². The number of aryl methyl sites for hydroxylation is 1. The average Bonchev–Trinajstić information content (AvgIpc) is 3.46. The molecule has 0 bridgehead atoms. The Kier molecular flexibility index (Phi) is 6.42. The van der Waals surface area contributed by atoms with Gasteiger partial charge in [-0.15, -0.1) is 11.3 Å². The van der Waals surface area contributed by atoms with E-state index in [1.807, 2.05) is 6.92 Å². The number of nitrogens with zero attached hydrogens (tertiary/aromatic N) is 2. The lowest BCUT2D eigenvalue weighted by atomic mass is 10.1. The number of benzene rings is 1. The maximum Gasteiger partial charge on any atom is 0.280 e. The van der Waals surface area contributed by atoms with Crippen molar-refractivity contribution < 1.29 is 22.8 Å². The number of carbonyl (C=O) groups excluding carboxylic acids is 1. The molecule has 2 aromatic rings. The van der Waals surface area contributed by atoms with Crippen LogP contribution in [0.1, 0.15) is 23.3 Å². The topological polar surface area (TPSA) is 107 Å². The molecular formula is C18H21N3O5S2. The Morgan fingerprint density at radius 2 is 2.00 bits per heavy atom. The Morgan fingerprint density at radius 1 is 1.29 bits per heavy atom. The van der Waals surface area contributed by atoms with Gasteiger partial charge in [-0.25, -0.2) is 13.4 Å². The Hall–Kier alpha value is -2.30. The molecule has 0 aliphatic heterocycles. The molecule has 0 spiro atoms. The predicted octanol–water partition coefficient (Wildman–Crippen LogP) is 2.39. The molecule has 1 aromatic heterocycles. The Labute approximate surface area is 167 Å². The van der Waals surface area contributed by atoms with E-state index in [0.717, 1.165) is 4.88 Å². The van der Waals surface area contributed by atoms with Crippen LogP contribution in [-0.2, 0) is 24.2 Å². The summed E-state index contributed by atoms with van der Waals surface area (Å²) in [4.78, 5) is 23.2. The van der Waals surface area contributed by atoms with Crippen molar-refractivity contribution in [3.8, 4) is 0 Å². The van der Waals surface area contributed by atoms with Crippen molar-refractivity contribution in [2.75, 3.05) is 25.6 Å². The number of sulfone groups is 1. The van der Waals surface area contributed by atoms with Crippen LogP contribution < -0.4 is 5.32 Å². The van der Waals surface area contributed by atoms with E-state index in [4.69, 9.17) is 9.57 Å². The van der Waals surface area contributed by atoms with Crippen LogP contribution in [0.5, 0.6) is 0 Å². The maximum atomic E-state index is 12.7. The lowest BCUT2D eigenvalue weighted by Gasteiger charge is -2.08. The van der Waals surface area contributed by atoms with Gasteiger partial charge in [-0.3, -0.25) is 10.1 Å². The number of nitrogens with one attached hydrogen (secondary N) is 1. The summed E-state index contributed by atoms with van der Waals surface area (Å²) >= 11 is 1.34. The van der Waals surface area contributed by atoms with E-state index in [2.05, 4.69) is 15.5 Å². The van der Waals surface area contributed by atoms with Gasteiger partial charge in [0.1, 0.15) is 6.61 Å². The van der Waals surface area contributed by atoms with E-state index in [-0.39, 0.29) is 22.5 Å². The van der Waals surface area contributed by atoms with Gasteiger partial charge in [-0.05, 0) is 31.9 Å². The summed E-state index contributed by atoms with van der Waals surface area (Å²) in [6.45, 7) is 2.38. The number of ether oxygens (including phenoxy) is 1. The molecule has 0 radical (unpaired) electrons. The monoisotopic (exact) mass is 423 g/mol. The van der Waals surface area contributed by atoms with Gasteiger partial charge in [0.05, 0.1) is 16.8 Å². The first-order valence-electron chi connectivity index (χ1n) is 8.69. The van der Waals surface area contributed by atoms with Crippen LogP contribution >= 0.6 is 11.3 Å². The smallest absolute Gasteiger partial charge is 0.280 e. The number of thiazole rings is 1. The molecule has 150 valence electrons. The fourth-order valence-corrected chi connectivity index (χ4v) is 4.71. The van der Waals surface area contributed by atoms with Crippen LogP contribution in [0.2, 0.25) is 0 Å². The van der Waals surface area contributed by atoms with Gasteiger partial charge in [0.2, 0.25) is 0 Å². The lowest BCUT2D eigenvalue weighted by Crippen LogP contribution is -2.24. The van der Waals surface area contributed by atoms with E-state index in [1.54, 1.807) is 18.3 Å². The van der Waals surface area contributed by atoms with Gasteiger partial charge in [-0.1, -0.05) is 17.3 Å². The van der Waals surface area contributed by atoms with E-state index < -0.39 is 15.7 Å². The molecule has 3 rings (SSSR count). The van der Waals surface area contributed by atoms with E-state index in [0.29, 0.717) is 30.1 Å². The summed E-state index contributed by atoms with van der Waals surface area (Å²) in [6, 6.07) is 6.10. The van der Waals surface area contributed by atoms with Gasteiger partial charge in [0, 0.05) is 23.7 Å². The lowest BCUT2D eigenvalue weighted by molar-refractivity contribution is -0.110. The third-order valence-corrected chi connectivity index (χ3v) is 7.12. The molecule has 1 aromatic carbocycles. The predicted molar refractivity (Wildman–Crippen MR) is 106 cm³/mol. The van der Waals surface area contributed by atoms with E-state index in [9.17, 15) is 13.2 Å². The van der Waals surface area contributed by atoms with Gasteiger partial charge >= 0.3 is 0 Å². The fraction of sp³-hybridized carbons (Fsp3) is 0.389. The van der Waals surface area contributed by atoms with Gasteiger partial charge in [-0.2, -0.15) is 0 Å². The number of oxime groups is 1. The van der Waals surface area contributed by atoms with Crippen LogP contribution in [0, 0.1) is 6.92 Å². The van der Waals surface area contributed by atoms with Gasteiger partial charge in [0.25, 0.3) is 5.91 Å². The van der Waals surface area contributed by atoms with Crippen LogP contribution in [-0.4, -0.2) is 50.6 Å². The quantitative estimate of drug-likeness (QED) is 0.377. The van der Waals surface area contributed by atoms with Crippen LogP contribution in [0.15, 0.2) is 40.5 Å². The first-order chi connectivity index (χ1) is 13.4. The van der Waals surface area contributed by atoms with Crippen LogP contribution in [0.3, 0.4) is 0 Å². The minimum absolute atomic E-state index is 0.0272. The molecule has 0 atom stereocenters. The Morgan fingerprint density at radius 3 is 2.57 bits per heavy atom. The molecule has 1 aliphatic rings. The number of aromatic nitrogens is 1. The normalized spacial score (nSPS) is 14.7. The summed E-state index contributed by atoms with van der Waals surface area (Å²) < 4.78 is 29.6. The number of hydrogen-bond acceptors (Lipinski definition) is 8. The van der Waals surface area contributed by atoms with E-state index in [1.165, 1.54) is 30.6 Å². The highest BCUT2D eigenvalue weighted by atomic mass is 32.2. The second-order valence-corrected chi connectivity index (χ2v) is 9.73. The summed E-state index contributed by atoms with van der Waals surface area (Å²) in [5.74, 6) is -0.496. The standard InChI is InChI=1S/C18H21N3O5S2/c1-12-11-19-18(27-12)20-17(22)16(21-26-10-9-25-2)13-3-5-14(6-4-13)28(23,24)15-7-8-15/h3-6,11,15H,7-10H2,1-2H3,(H,19,20,22)/b21-16+. The zero-order valence-electron chi connectivity index (χ0n) is 15.5. The highest BCUT2D eigenvalue weighted by Crippen LogP contribution is 2.33. The third-order valence-electron chi connectivity index (χ3n) is 4.01. The zero-order chi connectivity index (χ0) is 20.1. The molecule has 0 unspecified atom stereocenters. The number of hydrogen-bond donors (Lipinski definition) is 1. The first-order valence-corrected chi connectivity index (χ1v) is 11.0. The fourth-order valence-electron chi connectivity index (χ4n) is 2.40. The van der Waals surface area contributed by atoms with Crippen molar-refractivity contribution in [3.63, 3.8) is 0 Å². The summed E-state index contributed by atoms with van der Waals surface area (Å²) in [7, 11) is -1.76. The Balaban J connectivity index is 1.82. The molecule has 1 aliphatic carbocycles. The second-order valence-electron chi connectivity index (χ2n) is 6.26. The summed E-state index contributed by atoms with van der Waals surface area (Å²) in [6.07, 6.45) is 3.04. The number of anilines is 1. The van der Waals surface area contributed by atoms with Crippen molar-refractivity contribution in [3.05, 3.63) is 40.9 Å². The zero-order valence-corrected chi connectivity index (χ0v) is 17.2. The molecule has 1 heterocycles. The molecule has 1 N–H and O–H groups in total. The number of carbonyl (C=O) groups is 1. The summed E-state index contributed by atoms with van der Waals surface area (Å²) in [5.41, 5.74) is 0.470. The Bertz CT molecular complexity index is 963. The molecule has 28 heavy (non-hydrogen) atoms. The molecule has 1 fully saturated rings. The first kappa shape index (κ1) is 20.4. The average molecular weight is 424 g/mol. The number of amides is 1. The molecular weight excluding hydrogens is 402 g/mol. The minimum atomic E-state index is -3.30. The highest BCUT2D eigenvalue weighted by Gasteiger charge is 2.36. The minimum Gasteiger partial charge on any atom is -0.393 e. The second kappa shape index (κ2) is 8.80. The van der Waals surface area contributed by atoms with Crippen molar-refractivity contribution in [2.45, 2.75) is 29.9 Å². The van der Waals surface area contributed by atoms with E-state index >= 15 is 0 Å². The third kappa shape index (κ3) is 4.94. The largest absolute Gasteiger partial charge is 0.393 e. The maximum absolute atomic E-state index is 12.7. The number of rotatable bonds is 9. The molecule has 1 saturated carbocycles. The van der Waals surface area contributed by atoms with Crippen molar-refractivity contribution in [1.82, 2.24) is 4.98 Å². The molecule has 10 heteroatoms.